The Balaban J connectivity index is 1.24. The summed E-state index contributed by atoms with van der Waals surface area (Å²) in [7, 11) is 1.80. The third kappa shape index (κ3) is 7.38. The van der Waals surface area contributed by atoms with Crippen molar-refractivity contribution in [3.63, 3.8) is 0 Å². The Labute approximate surface area is 184 Å². The lowest BCUT2D eigenvalue weighted by Gasteiger charge is -2.32. The summed E-state index contributed by atoms with van der Waals surface area (Å²) >= 11 is 1.74. The number of ether oxygens (including phenoxy) is 1. The topological polar surface area (TPSA) is 61.8 Å². The van der Waals surface area contributed by atoms with Crippen molar-refractivity contribution < 1.29 is 4.74 Å². The molecular formula is C23H35N5OS. The first kappa shape index (κ1) is 22.7. The molecule has 2 N–H and O–H groups in total. The Bertz CT molecular complexity index is 765. The lowest BCUT2D eigenvalue weighted by molar-refractivity contribution is 0.00534. The number of aromatic nitrogens is 1. The first-order valence-electron chi connectivity index (χ1n) is 10.9. The Morgan fingerprint density at radius 1 is 1.20 bits per heavy atom. The highest BCUT2D eigenvalue weighted by Crippen LogP contribution is 2.17. The third-order valence-corrected chi connectivity index (χ3v) is 6.53. The van der Waals surface area contributed by atoms with Gasteiger partial charge >= 0.3 is 0 Å². The van der Waals surface area contributed by atoms with Gasteiger partial charge in [0.2, 0.25) is 0 Å². The van der Waals surface area contributed by atoms with Gasteiger partial charge in [-0.25, -0.2) is 4.98 Å². The van der Waals surface area contributed by atoms with Gasteiger partial charge in [-0.1, -0.05) is 30.3 Å². The van der Waals surface area contributed by atoms with Gasteiger partial charge in [-0.15, -0.1) is 11.3 Å². The molecule has 0 bridgehead atoms. The fraction of sp³-hybridized carbons (Fsp3) is 0.565. The van der Waals surface area contributed by atoms with E-state index >= 15 is 0 Å². The van der Waals surface area contributed by atoms with Gasteiger partial charge in [-0.3, -0.25) is 9.89 Å². The zero-order valence-electron chi connectivity index (χ0n) is 18.5. The quantitative estimate of drug-likeness (QED) is 0.363. The molecule has 6 nitrogen and oxygen atoms in total. The molecule has 2 aromatic rings. The second kappa shape index (κ2) is 12.0. The van der Waals surface area contributed by atoms with Crippen LogP contribution in [0.5, 0.6) is 0 Å². The molecule has 7 heteroatoms. The van der Waals surface area contributed by atoms with Crippen LogP contribution in [0.2, 0.25) is 0 Å². The number of nitrogens with zero attached hydrogens (tertiary/aromatic N) is 3. The van der Waals surface area contributed by atoms with Gasteiger partial charge in [0.25, 0.3) is 0 Å². The van der Waals surface area contributed by atoms with Crippen LogP contribution in [0.4, 0.5) is 0 Å². The molecular weight excluding hydrogens is 394 g/mol. The van der Waals surface area contributed by atoms with Crippen molar-refractivity contribution >= 4 is 17.3 Å². The summed E-state index contributed by atoms with van der Waals surface area (Å²) in [5.41, 5.74) is 2.51. The summed E-state index contributed by atoms with van der Waals surface area (Å²) < 4.78 is 6.11. The Kier molecular flexibility index (Phi) is 9.11. The molecule has 0 radical (unpaired) electrons. The van der Waals surface area contributed by atoms with Crippen molar-refractivity contribution in [3.05, 3.63) is 51.5 Å². The smallest absolute Gasteiger partial charge is 0.191 e. The number of benzene rings is 1. The van der Waals surface area contributed by atoms with Crippen molar-refractivity contribution in [1.82, 2.24) is 20.5 Å². The molecule has 30 heavy (non-hydrogen) atoms. The van der Waals surface area contributed by atoms with Crippen LogP contribution in [0.15, 0.2) is 35.3 Å². The minimum atomic E-state index is 0.394. The number of guanidine groups is 1. The average molecular weight is 430 g/mol. The van der Waals surface area contributed by atoms with Gasteiger partial charge in [0.15, 0.2) is 5.96 Å². The fourth-order valence-corrected chi connectivity index (χ4v) is 4.47. The van der Waals surface area contributed by atoms with Crippen LogP contribution in [0.1, 0.15) is 40.4 Å². The van der Waals surface area contributed by atoms with Gasteiger partial charge in [-0.05, 0) is 38.7 Å². The predicted molar refractivity (Wildman–Crippen MR) is 125 cm³/mol. The van der Waals surface area contributed by atoms with Crippen LogP contribution < -0.4 is 10.6 Å². The maximum absolute atomic E-state index is 6.11. The first-order chi connectivity index (χ1) is 14.6. The highest BCUT2D eigenvalue weighted by atomic mass is 32.1. The SMILES string of the molecule is CN=C(NCCCOC1CCN(Cc2ccccc2)CC1)NCc1nc(C)c(C)s1. The van der Waals surface area contributed by atoms with Gasteiger partial charge in [-0.2, -0.15) is 0 Å². The molecule has 0 atom stereocenters. The molecule has 1 aromatic heterocycles. The number of piperidine rings is 1. The maximum Gasteiger partial charge on any atom is 0.191 e. The molecule has 1 aliphatic heterocycles. The normalized spacial score (nSPS) is 16.0. The van der Waals surface area contributed by atoms with Gasteiger partial charge < -0.3 is 15.4 Å². The summed E-state index contributed by atoms with van der Waals surface area (Å²) in [6.07, 6.45) is 3.61. The summed E-state index contributed by atoms with van der Waals surface area (Å²) in [6.45, 7) is 9.78. The van der Waals surface area contributed by atoms with Crippen LogP contribution in [0.25, 0.3) is 0 Å². The Morgan fingerprint density at radius 3 is 2.63 bits per heavy atom. The molecule has 0 amide bonds. The monoisotopic (exact) mass is 429 g/mol. The Hall–Kier alpha value is -1.96. The van der Waals surface area contributed by atoms with E-state index in [1.54, 1.807) is 18.4 Å². The Morgan fingerprint density at radius 2 is 1.97 bits per heavy atom. The highest BCUT2D eigenvalue weighted by Gasteiger charge is 2.19. The van der Waals surface area contributed by atoms with Gasteiger partial charge in [0, 0.05) is 44.7 Å². The van der Waals surface area contributed by atoms with Crippen LogP contribution in [0, 0.1) is 13.8 Å². The number of thiazole rings is 1. The molecule has 0 aliphatic carbocycles. The number of hydrogen-bond acceptors (Lipinski definition) is 5. The molecule has 1 saturated heterocycles. The van der Waals surface area contributed by atoms with E-state index in [1.807, 2.05) is 0 Å². The van der Waals surface area contributed by atoms with Crippen molar-refractivity contribution in [2.45, 2.75) is 52.3 Å². The van der Waals surface area contributed by atoms with Crippen molar-refractivity contribution in [2.75, 3.05) is 33.3 Å². The van der Waals surface area contributed by atoms with Crippen molar-refractivity contribution in [3.8, 4) is 0 Å². The maximum atomic E-state index is 6.11. The summed E-state index contributed by atoms with van der Waals surface area (Å²) in [6, 6.07) is 10.7. The molecule has 0 unspecified atom stereocenters. The summed E-state index contributed by atoms with van der Waals surface area (Å²) in [4.78, 5) is 12.6. The van der Waals surface area contributed by atoms with Crippen molar-refractivity contribution in [1.29, 1.82) is 0 Å². The number of aryl methyl sites for hydroxylation is 2. The average Bonchev–Trinajstić information content (AvgIpc) is 3.09. The predicted octanol–water partition coefficient (Wildman–Crippen LogP) is 3.50. The van der Waals surface area contributed by atoms with Crippen LogP contribution in [0.3, 0.4) is 0 Å². The molecule has 2 heterocycles. The lowest BCUT2D eigenvalue weighted by atomic mass is 10.1. The second-order valence-electron chi connectivity index (χ2n) is 7.79. The number of rotatable bonds is 9. The number of nitrogens with one attached hydrogen (secondary N) is 2. The number of likely N-dealkylation sites (tertiary alicyclic amines) is 1. The van der Waals surface area contributed by atoms with E-state index in [0.29, 0.717) is 12.6 Å². The van der Waals surface area contributed by atoms with E-state index in [-0.39, 0.29) is 0 Å². The molecule has 1 aromatic carbocycles. The largest absolute Gasteiger partial charge is 0.378 e. The zero-order valence-corrected chi connectivity index (χ0v) is 19.3. The highest BCUT2D eigenvalue weighted by molar-refractivity contribution is 7.11. The van der Waals surface area contributed by atoms with E-state index < -0.39 is 0 Å². The van der Waals surface area contributed by atoms with Gasteiger partial charge in [0.05, 0.1) is 18.3 Å². The third-order valence-electron chi connectivity index (χ3n) is 5.45. The number of aliphatic imine (C=N–C) groups is 1. The zero-order chi connectivity index (χ0) is 21.2. The van der Waals surface area contributed by atoms with E-state index in [2.05, 4.69) is 69.7 Å². The summed E-state index contributed by atoms with van der Waals surface area (Å²) in [5.74, 6) is 0.815. The van der Waals surface area contributed by atoms with Crippen molar-refractivity contribution in [2.24, 2.45) is 4.99 Å². The lowest BCUT2D eigenvalue weighted by Crippen LogP contribution is -2.38. The van der Waals surface area contributed by atoms with Gasteiger partial charge in [0.1, 0.15) is 5.01 Å². The van der Waals surface area contributed by atoms with Crippen LogP contribution >= 0.6 is 11.3 Å². The standard InChI is InChI=1S/C23H35N5OS/c1-18-19(2)30-22(27-18)16-26-23(24-3)25-12-7-15-29-21-10-13-28(14-11-21)17-20-8-5-4-6-9-20/h4-6,8-9,21H,7,10-17H2,1-3H3,(H2,24,25,26). The molecule has 0 saturated carbocycles. The van der Waals surface area contributed by atoms with E-state index in [9.17, 15) is 0 Å². The number of hydrogen-bond donors (Lipinski definition) is 2. The summed E-state index contributed by atoms with van der Waals surface area (Å²) in [5, 5.41) is 7.78. The van der Waals surface area contributed by atoms with E-state index in [0.717, 1.165) is 68.7 Å². The molecule has 0 spiro atoms. The minimum absolute atomic E-state index is 0.394. The first-order valence-corrected chi connectivity index (χ1v) is 11.7. The molecule has 3 rings (SSSR count). The second-order valence-corrected chi connectivity index (χ2v) is 9.07. The molecule has 164 valence electrons. The van der Waals surface area contributed by atoms with Crippen LogP contribution in [-0.4, -0.2) is 55.2 Å². The minimum Gasteiger partial charge on any atom is -0.378 e. The van der Waals surface area contributed by atoms with Crippen LogP contribution in [-0.2, 0) is 17.8 Å². The fourth-order valence-electron chi connectivity index (χ4n) is 3.60. The van der Waals surface area contributed by atoms with E-state index in [4.69, 9.17) is 4.74 Å². The molecule has 1 aliphatic rings. The van der Waals surface area contributed by atoms with E-state index in [1.165, 1.54) is 10.4 Å². The molecule has 1 fully saturated rings.